The summed E-state index contributed by atoms with van der Waals surface area (Å²) in [5, 5.41) is 25.2. The Bertz CT molecular complexity index is 1040. The molecule has 5 heteroatoms. The lowest BCUT2D eigenvalue weighted by Gasteiger charge is -2.29. The summed E-state index contributed by atoms with van der Waals surface area (Å²) in [6.45, 7) is 4.46. The zero-order valence-electron chi connectivity index (χ0n) is 16.7. The van der Waals surface area contributed by atoms with Crippen molar-refractivity contribution in [3.8, 4) is 0 Å². The number of benzene rings is 3. The summed E-state index contributed by atoms with van der Waals surface area (Å²) in [6.07, 6.45) is 0.179. The fourth-order valence-corrected chi connectivity index (χ4v) is 4.75. The first-order valence-electron chi connectivity index (χ1n) is 9.87. The summed E-state index contributed by atoms with van der Waals surface area (Å²) in [6, 6.07) is 21.0. The van der Waals surface area contributed by atoms with Gasteiger partial charge in [0.05, 0.1) is 18.2 Å². The average molecular weight is 407 g/mol. The lowest BCUT2D eigenvalue weighted by Crippen LogP contribution is -2.28. The Hall–Kier alpha value is -2.34. The van der Waals surface area contributed by atoms with E-state index in [1.54, 1.807) is 11.8 Å². The van der Waals surface area contributed by atoms with E-state index in [1.807, 2.05) is 12.1 Å². The van der Waals surface area contributed by atoms with E-state index in [-0.39, 0.29) is 12.1 Å². The van der Waals surface area contributed by atoms with Gasteiger partial charge in [0.1, 0.15) is 5.04 Å². The summed E-state index contributed by atoms with van der Waals surface area (Å²) in [5.74, 6) is 0. The number of rotatable bonds is 5. The van der Waals surface area contributed by atoms with Crippen LogP contribution in [0.4, 0.5) is 5.69 Å². The highest BCUT2D eigenvalue weighted by molar-refractivity contribution is 8.14. The van der Waals surface area contributed by atoms with Crippen LogP contribution in [-0.4, -0.2) is 40.1 Å². The number of anilines is 1. The van der Waals surface area contributed by atoms with Crippen molar-refractivity contribution in [1.29, 1.82) is 0 Å². The van der Waals surface area contributed by atoms with Crippen LogP contribution in [0.1, 0.15) is 25.0 Å². The maximum atomic E-state index is 9.48. The third kappa shape index (κ3) is 4.47. The molecule has 1 atom stereocenters. The Morgan fingerprint density at radius 1 is 1.07 bits per heavy atom. The van der Waals surface area contributed by atoms with Crippen LogP contribution < -0.4 is 5.32 Å². The van der Waals surface area contributed by atoms with Crippen LogP contribution in [0.15, 0.2) is 70.6 Å². The molecule has 150 valence electrons. The fraction of sp³-hybridized carbons (Fsp3) is 0.292. The van der Waals surface area contributed by atoms with Gasteiger partial charge in [-0.3, -0.25) is 4.99 Å². The van der Waals surface area contributed by atoms with Crippen molar-refractivity contribution >= 4 is 33.3 Å². The van der Waals surface area contributed by atoms with Gasteiger partial charge in [0, 0.05) is 22.7 Å². The molecule has 4 nitrogen and oxygen atoms in total. The van der Waals surface area contributed by atoms with Gasteiger partial charge in [0.2, 0.25) is 0 Å². The molecule has 0 fully saturated rings. The van der Waals surface area contributed by atoms with Crippen LogP contribution in [-0.2, 0) is 6.42 Å². The largest absolute Gasteiger partial charge is 0.394 e. The van der Waals surface area contributed by atoms with Crippen molar-refractivity contribution in [3.63, 3.8) is 0 Å². The van der Waals surface area contributed by atoms with E-state index in [0.717, 1.165) is 22.0 Å². The topological polar surface area (TPSA) is 64.8 Å². The highest BCUT2D eigenvalue weighted by Gasteiger charge is 2.28. The first-order valence-corrected chi connectivity index (χ1v) is 10.7. The molecule has 1 unspecified atom stereocenters. The molecule has 1 aliphatic rings. The lowest BCUT2D eigenvalue weighted by atomic mass is 9.86. The van der Waals surface area contributed by atoms with Crippen molar-refractivity contribution in [2.45, 2.75) is 36.8 Å². The molecule has 3 aromatic carbocycles. The molecular weight excluding hydrogens is 380 g/mol. The van der Waals surface area contributed by atoms with E-state index >= 15 is 0 Å². The van der Waals surface area contributed by atoms with Crippen molar-refractivity contribution in [2.24, 2.45) is 4.99 Å². The number of thioether (sulfide) groups is 1. The molecule has 1 heterocycles. The van der Waals surface area contributed by atoms with Gasteiger partial charge in [-0.1, -0.05) is 48.2 Å². The van der Waals surface area contributed by atoms with E-state index in [9.17, 15) is 5.11 Å². The second-order valence-corrected chi connectivity index (χ2v) is 9.12. The van der Waals surface area contributed by atoms with E-state index < -0.39 is 6.10 Å². The molecule has 1 aliphatic heterocycles. The third-order valence-corrected chi connectivity index (χ3v) is 6.12. The first kappa shape index (κ1) is 20.0. The van der Waals surface area contributed by atoms with Crippen LogP contribution in [0, 0.1) is 0 Å². The van der Waals surface area contributed by atoms with Crippen molar-refractivity contribution in [2.75, 3.05) is 18.5 Å². The summed E-state index contributed by atoms with van der Waals surface area (Å²) >= 11 is 1.69. The van der Waals surface area contributed by atoms with Gasteiger partial charge in [0.25, 0.3) is 0 Å². The van der Waals surface area contributed by atoms with E-state index in [1.165, 1.54) is 21.9 Å². The zero-order valence-corrected chi connectivity index (χ0v) is 17.5. The van der Waals surface area contributed by atoms with Gasteiger partial charge in [-0.2, -0.15) is 0 Å². The minimum Gasteiger partial charge on any atom is -0.394 e. The van der Waals surface area contributed by atoms with Crippen molar-refractivity contribution < 1.29 is 10.2 Å². The van der Waals surface area contributed by atoms with Gasteiger partial charge >= 0.3 is 0 Å². The molecule has 29 heavy (non-hydrogen) atoms. The number of nitrogens with one attached hydrogen (secondary N) is 1. The molecule has 0 saturated carbocycles. The number of fused-ring (bicyclic) bond motifs is 3. The maximum Gasteiger partial charge on any atom is 0.103 e. The smallest absolute Gasteiger partial charge is 0.103 e. The second-order valence-electron chi connectivity index (χ2n) is 8.06. The van der Waals surface area contributed by atoms with E-state index in [4.69, 9.17) is 10.1 Å². The monoisotopic (exact) mass is 406 g/mol. The highest BCUT2D eigenvalue weighted by Crippen LogP contribution is 2.37. The molecule has 0 aliphatic carbocycles. The van der Waals surface area contributed by atoms with Crippen LogP contribution in [0.2, 0.25) is 0 Å². The Labute approximate surface area is 175 Å². The van der Waals surface area contributed by atoms with E-state index in [2.05, 4.69) is 67.7 Å². The number of aliphatic hydroxyl groups is 2. The normalized spacial score (nSPS) is 16.2. The van der Waals surface area contributed by atoms with Crippen LogP contribution in [0.3, 0.4) is 0 Å². The second kappa shape index (κ2) is 8.19. The van der Waals surface area contributed by atoms with Gasteiger partial charge in [-0.05, 0) is 60.9 Å². The molecule has 3 aromatic rings. The van der Waals surface area contributed by atoms with Gasteiger partial charge in [-0.15, -0.1) is 0 Å². The molecule has 4 rings (SSSR count). The summed E-state index contributed by atoms with van der Waals surface area (Å²) in [5.41, 5.74) is 3.38. The zero-order chi connectivity index (χ0) is 20.4. The Morgan fingerprint density at radius 2 is 1.83 bits per heavy atom. The average Bonchev–Trinajstić information content (AvgIpc) is 2.72. The van der Waals surface area contributed by atoms with Gasteiger partial charge in [-0.25, -0.2) is 0 Å². The van der Waals surface area contributed by atoms with E-state index in [0.29, 0.717) is 6.54 Å². The van der Waals surface area contributed by atoms with Crippen molar-refractivity contribution in [1.82, 2.24) is 0 Å². The number of aliphatic hydroxyl groups excluding tert-OH is 2. The SMILES string of the molecule is CC1(C)Cc2c(ccc3ccccc23)C(Sc2ccc(NCC(O)CO)cc2)=N1. The standard InChI is InChI=1S/C24H26N2O2S/c1-24(2)13-22-20-6-4-3-5-16(20)7-12-21(22)23(26-24)29-19-10-8-17(9-11-19)25-14-18(28)15-27/h3-12,18,25,27-28H,13-15H2,1-2H3. The number of hydrogen-bond donors (Lipinski definition) is 3. The number of hydrogen-bond acceptors (Lipinski definition) is 5. The summed E-state index contributed by atoms with van der Waals surface area (Å²) < 4.78 is 0. The quantitative estimate of drug-likeness (QED) is 0.585. The molecule has 0 aromatic heterocycles. The minimum atomic E-state index is -0.755. The fourth-order valence-electron chi connectivity index (χ4n) is 3.66. The predicted octanol–water partition coefficient (Wildman–Crippen LogP) is 4.48. The van der Waals surface area contributed by atoms with Gasteiger partial charge < -0.3 is 15.5 Å². The summed E-state index contributed by atoms with van der Waals surface area (Å²) in [4.78, 5) is 6.17. The molecule has 0 radical (unpaired) electrons. The van der Waals surface area contributed by atoms with Crippen LogP contribution in [0.5, 0.6) is 0 Å². The third-order valence-electron chi connectivity index (χ3n) is 5.11. The Balaban J connectivity index is 1.60. The number of aliphatic imine (C=N–C) groups is 1. The Morgan fingerprint density at radius 3 is 2.59 bits per heavy atom. The first-order chi connectivity index (χ1) is 13.9. The maximum absolute atomic E-state index is 9.48. The van der Waals surface area contributed by atoms with Crippen LogP contribution >= 0.6 is 11.8 Å². The lowest BCUT2D eigenvalue weighted by molar-refractivity contribution is 0.105. The molecule has 0 amide bonds. The van der Waals surface area contributed by atoms with Crippen molar-refractivity contribution in [3.05, 3.63) is 71.8 Å². The summed E-state index contributed by atoms with van der Waals surface area (Å²) in [7, 11) is 0. The van der Waals surface area contributed by atoms with Gasteiger partial charge in [0.15, 0.2) is 0 Å². The Kier molecular flexibility index (Phi) is 5.63. The number of nitrogens with zero attached hydrogens (tertiary/aromatic N) is 1. The molecule has 0 bridgehead atoms. The predicted molar refractivity (Wildman–Crippen MR) is 122 cm³/mol. The molecule has 0 spiro atoms. The molecule has 3 N–H and O–H groups in total. The molecule has 0 saturated heterocycles. The highest BCUT2D eigenvalue weighted by atomic mass is 32.2. The molecular formula is C24H26N2O2S. The van der Waals surface area contributed by atoms with Crippen LogP contribution in [0.25, 0.3) is 10.8 Å². The minimum absolute atomic E-state index is 0.138.